The molecule has 0 saturated carbocycles. The second-order valence-corrected chi connectivity index (χ2v) is 4.03. The topological polar surface area (TPSA) is 68.0 Å². The highest BCUT2D eigenvalue weighted by Gasteiger charge is 2.08. The van der Waals surface area contributed by atoms with E-state index in [4.69, 9.17) is 17.3 Å². The highest BCUT2D eigenvalue weighted by atomic mass is 35.5. The maximum Gasteiger partial charge on any atom is 0.274 e. The third-order valence-electron chi connectivity index (χ3n) is 2.14. The van der Waals surface area contributed by atoms with E-state index in [0.29, 0.717) is 5.69 Å². The van der Waals surface area contributed by atoms with Crippen LogP contribution in [0.1, 0.15) is 10.5 Å². The number of nitrogens with one attached hydrogen (secondary N) is 1. The van der Waals surface area contributed by atoms with Crippen LogP contribution in [0.25, 0.3) is 0 Å². The Morgan fingerprint density at radius 2 is 2.11 bits per heavy atom. The van der Waals surface area contributed by atoms with Crippen molar-refractivity contribution in [2.75, 3.05) is 11.1 Å². The van der Waals surface area contributed by atoms with E-state index in [1.807, 2.05) is 0 Å². The predicted molar refractivity (Wildman–Crippen MR) is 68.0 cm³/mol. The van der Waals surface area contributed by atoms with Gasteiger partial charge in [0.2, 0.25) is 0 Å². The molecule has 1 amide bonds. The Balaban J connectivity index is 2.18. The van der Waals surface area contributed by atoms with Gasteiger partial charge in [0, 0.05) is 10.7 Å². The van der Waals surface area contributed by atoms with Crippen molar-refractivity contribution in [1.82, 2.24) is 4.98 Å². The fraction of sp³-hybridized carbons (Fsp3) is 0. The van der Waals surface area contributed by atoms with Crippen molar-refractivity contribution in [2.24, 2.45) is 0 Å². The molecule has 2 aromatic rings. The van der Waals surface area contributed by atoms with E-state index in [-0.39, 0.29) is 16.4 Å². The number of nitrogens with zero attached hydrogens (tertiary/aromatic N) is 1. The molecule has 0 spiro atoms. The van der Waals surface area contributed by atoms with Crippen LogP contribution in [0.3, 0.4) is 0 Å². The number of nitrogen functional groups attached to an aromatic ring is 1. The monoisotopic (exact) mass is 265 g/mol. The minimum Gasteiger partial charge on any atom is -0.397 e. The van der Waals surface area contributed by atoms with Gasteiger partial charge in [-0.1, -0.05) is 11.6 Å². The van der Waals surface area contributed by atoms with Gasteiger partial charge in [-0.15, -0.1) is 0 Å². The average molecular weight is 266 g/mol. The molecule has 0 aliphatic rings. The van der Waals surface area contributed by atoms with Gasteiger partial charge in [-0.3, -0.25) is 4.79 Å². The molecule has 0 unspecified atom stereocenters. The van der Waals surface area contributed by atoms with E-state index in [2.05, 4.69) is 10.3 Å². The molecular formula is C12H9ClFN3O. The van der Waals surface area contributed by atoms with Crippen molar-refractivity contribution in [3.05, 3.63) is 53.1 Å². The van der Waals surface area contributed by atoms with Crippen LogP contribution in [0.15, 0.2) is 36.5 Å². The summed E-state index contributed by atoms with van der Waals surface area (Å²) in [6.07, 6.45) is 1.37. The second kappa shape index (κ2) is 5.01. The lowest BCUT2D eigenvalue weighted by Crippen LogP contribution is -2.13. The first kappa shape index (κ1) is 12.3. The van der Waals surface area contributed by atoms with E-state index in [1.165, 1.54) is 24.4 Å². The number of hydrogen-bond donors (Lipinski definition) is 2. The van der Waals surface area contributed by atoms with Crippen LogP contribution in [0, 0.1) is 5.82 Å². The molecule has 0 radical (unpaired) electrons. The third kappa shape index (κ3) is 2.95. The quantitative estimate of drug-likeness (QED) is 0.877. The molecule has 92 valence electrons. The second-order valence-electron chi connectivity index (χ2n) is 3.59. The molecular weight excluding hydrogens is 257 g/mol. The van der Waals surface area contributed by atoms with Crippen LogP contribution in [0.5, 0.6) is 0 Å². The first-order valence-corrected chi connectivity index (χ1v) is 5.41. The fourth-order valence-electron chi connectivity index (χ4n) is 1.36. The van der Waals surface area contributed by atoms with Crippen molar-refractivity contribution in [2.45, 2.75) is 0 Å². The number of benzene rings is 1. The molecule has 1 heterocycles. The molecule has 18 heavy (non-hydrogen) atoms. The predicted octanol–water partition coefficient (Wildman–Crippen LogP) is 2.71. The lowest BCUT2D eigenvalue weighted by Gasteiger charge is -2.05. The maximum absolute atomic E-state index is 13.1. The Hall–Kier alpha value is -2.14. The minimum absolute atomic E-state index is 0.185. The summed E-state index contributed by atoms with van der Waals surface area (Å²) in [6.45, 7) is 0. The van der Waals surface area contributed by atoms with Gasteiger partial charge in [0.05, 0.1) is 11.9 Å². The number of anilines is 2. The summed E-state index contributed by atoms with van der Waals surface area (Å²) in [7, 11) is 0. The molecule has 6 heteroatoms. The molecule has 2 rings (SSSR count). The summed E-state index contributed by atoms with van der Waals surface area (Å²) in [5, 5.41) is 2.70. The highest BCUT2D eigenvalue weighted by molar-refractivity contribution is 6.31. The Bertz CT molecular complexity index is 566. The van der Waals surface area contributed by atoms with Crippen molar-refractivity contribution >= 4 is 28.9 Å². The zero-order valence-corrected chi connectivity index (χ0v) is 9.91. The largest absolute Gasteiger partial charge is 0.397 e. The Morgan fingerprint density at radius 3 is 2.72 bits per heavy atom. The van der Waals surface area contributed by atoms with E-state index in [0.717, 1.165) is 6.07 Å². The highest BCUT2D eigenvalue weighted by Crippen LogP contribution is 2.18. The third-order valence-corrected chi connectivity index (χ3v) is 2.36. The zero-order valence-electron chi connectivity index (χ0n) is 9.15. The molecule has 0 aliphatic carbocycles. The molecule has 0 bridgehead atoms. The van der Waals surface area contributed by atoms with E-state index >= 15 is 0 Å². The van der Waals surface area contributed by atoms with Gasteiger partial charge in [-0.2, -0.15) is 0 Å². The zero-order chi connectivity index (χ0) is 13.1. The summed E-state index contributed by atoms with van der Waals surface area (Å²) in [4.78, 5) is 15.6. The van der Waals surface area contributed by atoms with E-state index < -0.39 is 11.7 Å². The number of pyridine rings is 1. The van der Waals surface area contributed by atoms with E-state index in [9.17, 15) is 9.18 Å². The summed E-state index contributed by atoms with van der Waals surface area (Å²) in [5.41, 5.74) is 6.37. The number of nitrogens with two attached hydrogens (primary N) is 1. The van der Waals surface area contributed by atoms with Gasteiger partial charge in [0.15, 0.2) is 0 Å². The van der Waals surface area contributed by atoms with Crippen molar-refractivity contribution in [1.29, 1.82) is 0 Å². The van der Waals surface area contributed by atoms with Crippen LogP contribution in [-0.2, 0) is 0 Å². The summed E-state index contributed by atoms with van der Waals surface area (Å²) < 4.78 is 13.1. The first-order chi connectivity index (χ1) is 8.54. The van der Waals surface area contributed by atoms with Gasteiger partial charge in [-0.05, 0) is 30.3 Å². The molecule has 3 N–H and O–H groups in total. The molecule has 0 atom stereocenters. The molecule has 0 fully saturated rings. The smallest absolute Gasteiger partial charge is 0.274 e. The van der Waals surface area contributed by atoms with Gasteiger partial charge in [0.25, 0.3) is 5.91 Å². The van der Waals surface area contributed by atoms with Crippen molar-refractivity contribution in [3.63, 3.8) is 0 Å². The Morgan fingerprint density at radius 1 is 1.33 bits per heavy atom. The lowest BCUT2D eigenvalue weighted by atomic mass is 10.2. The molecule has 0 aliphatic heterocycles. The number of aromatic nitrogens is 1. The Labute approximate surface area is 108 Å². The molecule has 1 aromatic heterocycles. The molecule has 4 nitrogen and oxygen atoms in total. The van der Waals surface area contributed by atoms with Crippen molar-refractivity contribution < 1.29 is 9.18 Å². The number of carbonyl (C=O) groups excluding carboxylic acids is 1. The standard InChI is InChI=1S/C12H9ClFN3O/c13-7-3-8(14)5-10(4-7)17-12(18)11-2-1-9(15)6-16-11/h1-6H,15H2,(H,17,18). The lowest BCUT2D eigenvalue weighted by molar-refractivity contribution is 0.102. The first-order valence-electron chi connectivity index (χ1n) is 5.03. The van der Waals surface area contributed by atoms with Crippen LogP contribution in [0.2, 0.25) is 5.02 Å². The van der Waals surface area contributed by atoms with Crippen LogP contribution in [0.4, 0.5) is 15.8 Å². The van der Waals surface area contributed by atoms with Gasteiger partial charge in [-0.25, -0.2) is 9.37 Å². The van der Waals surface area contributed by atoms with Crippen molar-refractivity contribution in [3.8, 4) is 0 Å². The molecule has 0 saturated heterocycles. The minimum atomic E-state index is -0.525. The van der Waals surface area contributed by atoms with Gasteiger partial charge in [0.1, 0.15) is 11.5 Å². The summed E-state index contributed by atoms with van der Waals surface area (Å²) >= 11 is 5.68. The average Bonchev–Trinajstić information content (AvgIpc) is 2.28. The number of amides is 1. The van der Waals surface area contributed by atoms with Gasteiger partial charge >= 0.3 is 0 Å². The normalized spacial score (nSPS) is 10.1. The van der Waals surface area contributed by atoms with Gasteiger partial charge < -0.3 is 11.1 Å². The maximum atomic E-state index is 13.1. The molecule has 1 aromatic carbocycles. The van der Waals surface area contributed by atoms with Crippen LogP contribution < -0.4 is 11.1 Å². The summed E-state index contributed by atoms with van der Waals surface area (Å²) in [6, 6.07) is 6.80. The Kier molecular flexibility index (Phi) is 3.43. The van der Waals surface area contributed by atoms with E-state index in [1.54, 1.807) is 6.07 Å². The number of hydrogen-bond acceptors (Lipinski definition) is 3. The number of halogens is 2. The van der Waals surface area contributed by atoms with Crippen LogP contribution >= 0.6 is 11.6 Å². The number of rotatable bonds is 2. The van der Waals surface area contributed by atoms with Crippen LogP contribution in [-0.4, -0.2) is 10.9 Å². The summed E-state index contributed by atoms with van der Waals surface area (Å²) in [5.74, 6) is -0.986. The fourth-order valence-corrected chi connectivity index (χ4v) is 1.58. The number of carbonyl (C=O) groups is 1. The SMILES string of the molecule is Nc1ccc(C(=O)Nc2cc(F)cc(Cl)c2)nc1.